The van der Waals surface area contributed by atoms with Gasteiger partial charge in [0.15, 0.2) is 0 Å². The third kappa shape index (κ3) is 12.5. The van der Waals surface area contributed by atoms with Crippen LogP contribution < -0.4 is 10.6 Å². The first kappa shape index (κ1) is 41.7. The lowest BCUT2D eigenvalue weighted by molar-refractivity contribution is -0.142. The zero-order valence-corrected chi connectivity index (χ0v) is 32.3. The highest BCUT2D eigenvalue weighted by molar-refractivity contribution is 5.97. The fraction of sp³-hybridized carbons (Fsp3) is 0.846. The van der Waals surface area contributed by atoms with Gasteiger partial charge in [-0.1, -0.05) is 99.0 Å². The molecule has 0 aromatic carbocycles. The number of likely N-dealkylation sites (N-methyl/N-ethyl adjacent to an activating group) is 1. The molecule has 4 atom stereocenters. The molecule has 0 saturated carbocycles. The summed E-state index contributed by atoms with van der Waals surface area (Å²) < 4.78 is 0. The number of amides is 4. The van der Waals surface area contributed by atoms with Gasteiger partial charge in [0, 0.05) is 31.8 Å². The molecule has 9 nitrogen and oxygen atoms in total. The van der Waals surface area contributed by atoms with Crippen LogP contribution in [0.15, 0.2) is 11.6 Å². The largest absolute Gasteiger partial charge is 0.354 e. The van der Waals surface area contributed by atoms with E-state index >= 15 is 0 Å². The molecule has 0 bridgehead atoms. The number of piperidine rings is 1. The third-order valence-electron chi connectivity index (χ3n) is 10.3. The molecule has 0 spiro atoms. The molecule has 2 heterocycles. The number of hydrogen-bond acceptors (Lipinski definition) is 5. The fourth-order valence-electron chi connectivity index (χ4n) is 7.27. The quantitative estimate of drug-likeness (QED) is 0.129. The van der Waals surface area contributed by atoms with Crippen LogP contribution in [0.1, 0.15) is 146 Å². The highest BCUT2D eigenvalue weighted by Crippen LogP contribution is 2.27. The average molecular weight is 674 g/mol. The van der Waals surface area contributed by atoms with Gasteiger partial charge in [0.05, 0.1) is 12.1 Å². The summed E-state index contributed by atoms with van der Waals surface area (Å²) >= 11 is 0. The summed E-state index contributed by atoms with van der Waals surface area (Å²) in [4.78, 5) is 60.3. The van der Waals surface area contributed by atoms with Gasteiger partial charge in [0.2, 0.25) is 23.6 Å². The molecular weight excluding hydrogens is 602 g/mol. The van der Waals surface area contributed by atoms with Crippen molar-refractivity contribution < 1.29 is 19.2 Å². The van der Waals surface area contributed by atoms with Crippen molar-refractivity contribution in [2.24, 2.45) is 11.3 Å². The molecule has 0 radical (unpaired) electrons. The second-order valence-electron chi connectivity index (χ2n) is 16.1. The molecule has 48 heavy (non-hydrogen) atoms. The van der Waals surface area contributed by atoms with Crippen molar-refractivity contribution in [3.05, 3.63) is 11.6 Å². The minimum Gasteiger partial charge on any atom is -0.354 e. The topological polar surface area (TPSA) is 102 Å². The summed E-state index contributed by atoms with van der Waals surface area (Å²) in [5.41, 5.74) is 0.0152. The zero-order valence-electron chi connectivity index (χ0n) is 32.3. The van der Waals surface area contributed by atoms with E-state index in [-0.39, 0.29) is 47.7 Å². The lowest BCUT2D eigenvalue weighted by Gasteiger charge is -2.41. The summed E-state index contributed by atoms with van der Waals surface area (Å²) in [6.07, 6.45) is 15.9. The molecule has 2 rings (SSSR count). The van der Waals surface area contributed by atoms with Crippen LogP contribution >= 0.6 is 0 Å². The van der Waals surface area contributed by atoms with Gasteiger partial charge in [-0.05, 0) is 70.8 Å². The maximum Gasteiger partial charge on any atom is 0.249 e. The van der Waals surface area contributed by atoms with E-state index in [1.54, 1.807) is 23.8 Å². The molecule has 2 saturated heterocycles. The monoisotopic (exact) mass is 674 g/mol. The van der Waals surface area contributed by atoms with Gasteiger partial charge in [-0.25, -0.2) is 0 Å². The predicted molar refractivity (Wildman–Crippen MR) is 196 cm³/mol. The average Bonchev–Trinajstić information content (AvgIpc) is 3.53. The van der Waals surface area contributed by atoms with E-state index in [4.69, 9.17) is 0 Å². The van der Waals surface area contributed by atoms with Gasteiger partial charge in [-0.3, -0.25) is 24.1 Å². The molecule has 0 aromatic rings. The number of carbonyl (C=O) groups excluding carboxylic acids is 4. The second-order valence-corrected chi connectivity index (χ2v) is 16.1. The fourth-order valence-corrected chi connectivity index (χ4v) is 7.27. The Bertz CT molecular complexity index is 1070. The molecular formula is C39H71N5O4. The number of carbonyl (C=O) groups is 4. The van der Waals surface area contributed by atoms with Gasteiger partial charge in [-0.15, -0.1) is 0 Å². The summed E-state index contributed by atoms with van der Waals surface area (Å²) in [5, 5.41) is 6.23. The van der Waals surface area contributed by atoms with Crippen LogP contribution in [0.25, 0.3) is 0 Å². The van der Waals surface area contributed by atoms with Crippen LogP contribution in [0.2, 0.25) is 0 Å². The molecule has 4 amide bonds. The normalized spacial score (nSPS) is 20.6. The first-order valence-electron chi connectivity index (χ1n) is 19.2. The summed E-state index contributed by atoms with van der Waals surface area (Å²) in [6, 6.07) is -1.53. The molecule has 0 aromatic heterocycles. The number of likely N-dealkylation sites (tertiary alicyclic amines) is 2. The van der Waals surface area contributed by atoms with E-state index in [1.807, 2.05) is 40.7 Å². The molecule has 2 N–H and O–H groups in total. The Balaban J connectivity index is 2.07. The first-order valence-corrected chi connectivity index (χ1v) is 19.2. The summed E-state index contributed by atoms with van der Waals surface area (Å²) in [5.74, 6) is -0.455. The van der Waals surface area contributed by atoms with Crippen molar-refractivity contribution in [2.75, 3.05) is 26.7 Å². The SMILES string of the molecule is CCCCCCCCCCNC(=O)[C@@H]1CCCN1C(=O)/C(C)=C/[C@H](C(C)C)N(C)C(=O)[C@@H](NC(=O)[C@H]1CCCCN1C(C)C)C(C)(C)C. The van der Waals surface area contributed by atoms with Gasteiger partial charge in [0.25, 0.3) is 0 Å². The van der Waals surface area contributed by atoms with Gasteiger partial charge in [-0.2, -0.15) is 0 Å². The maximum absolute atomic E-state index is 14.2. The van der Waals surface area contributed by atoms with Crippen LogP contribution in [-0.2, 0) is 19.2 Å². The molecule has 0 unspecified atom stereocenters. The molecule has 2 aliphatic heterocycles. The molecule has 2 fully saturated rings. The lowest BCUT2D eigenvalue weighted by atomic mass is 9.84. The number of nitrogens with one attached hydrogen (secondary N) is 2. The van der Waals surface area contributed by atoms with Gasteiger partial charge >= 0.3 is 0 Å². The van der Waals surface area contributed by atoms with Crippen molar-refractivity contribution in [2.45, 2.75) is 176 Å². The van der Waals surface area contributed by atoms with Crippen molar-refractivity contribution >= 4 is 23.6 Å². The van der Waals surface area contributed by atoms with Gasteiger partial charge < -0.3 is 20.4 Å². The van der Waals surface area contributed by atoms with Crippen molar-refractivity contribution in [1.82, 2.24) is 25.3 Å². The van der Waals surface area contributed by atoms with Crippen LogP contribution in [0.3, 0.4) is 0 Å². The van der Waals surface area contributed by atoms with E-state index in [1.165, 1.54) is 38.5 Å². The van der Waals surface area contributed by atoms with E-state index in [9.17, 15) is 19.2 Å². The Morgan fingerprint density at radius 3 is 2.02 bits per heavy atom. The van der Waals surface area contributed by atoms with Crippen LogP contribution in [-0.4, -0.2) is 95.2 Å². The minimum atomic E-state index is -0.718. The molecule has 0 aliphatic carbocycles. The van der Waals surface area contributed by atoms with E-state index in [0.717, 1.165) is 45.1 Å². The standard InChI is InChI=1S/C39H71N5O4/c1-11-12-13-14-15-16-17-19-24-40-35(45)31-23-21-26-44(31)37(47)30(6)27-33(28(2)3)42(10)38(48)34(39(7,8)9)41-36(46)32-22-18-20-25-43(32)29(4)5/h27-29,31-34H,11-26H2,1-10H3,(H,40,45)(H,41,46)/b30-27+/t31-,32+,33+,34+/m0/s1. The highest BCUT2D eigenvalue weighted by Gasteiger charge is 2.40. The molecule has 276 valence electrons. The van der Waals surface area contributed by atoms with Crippen molar-refractivity contribution in [1.29, 1.82) is 0 Å². The Labute approximate surface area is 293 Å². The predicted octanol–water partition coefficient (Wildman–Crippen LogP) is 6.46. The summed E-state index contributed by atoms with van der Waals surface area (Å²) in [6.45, 7) is 20.3. The first-order chi connectivity index (χ1) is 22.6. The number of unbranched alkanes of at least 4 members (excludes halogenated alkanes) is 7. The minimum absolute atomic E-state index is 0.0251. The number of nitrogens with zero attached hydrogens (tertiary/aromatic N) is 3. The highest BCUT2D eigenvalue weighted by atomic mass is 16.2. The van der Waals surface area contributed by atoms with Gasteiger partial charge in [0.1, 0.15) is 12.1 Å². The maximum atomic E-state index is 14.2. The van der Waals surface area contributed by atoms with Crippen LogP contribution in [0.5, 0.6) is 0 Å². The molecule has 2 aliphatic rings. The van der Waals surface area contributed by atoms with Crippen molar-refractivity contribution in [3.63, 3.8) is 0 Å². The number of rotatable bonds is 18. The zero-order chi connectivity index (χ0) is 36.0. The Morgan fingerprint density at radius 2 is 1.44 bits per heavy atom. The Kier molecular flexibility index (Phi) is 17.7. The van der Waals surface area contributed by atoms with Crippen molar-refractivity contribution in [3.8, 4) is 0 Å². The van der Waals surface area contributed by atoms with E-state index < -0.39 is 17.5 Å². The Hall–Kier alpha value is -2.42. The van der Waals surface area contributed by atoms with E-state index in [0.29, 0.717) is 25.1 Å². The Morgan fingerprint density at radius 1 is 0.833 bits per heavy atom. The second kappa shape index (κ2) is 20.3. The van der Waals surface area contributed by atoms with E-state index in [2.05, 4.69) is 36.3 Å². The third-order valence-corrected chi connectivity index (χ3v) is 10.3. The van der Waals surface area contributed by atoms with Crippen LogP contribution in [0.4, 0.5) is 0 Å². The number of hydrogen-bond donors (Lipinski definition) is 2. The lowest BCUT2D eigenvalue weighted by Crippen LogP contribution is -2.60. The van der Waals surface area contributed by atoms with Crippen LogP contribution in [0, 0.1) is 11.3 Å². The summed E-state index contributed by atoms with van der Waals surface area (Å²) in [7, 11) is 1.77. The smallest absolute Gasteiger partial charge is 0.249 e. The molecule has 9 heteroatoms.